The molecule has 164 valence electrons. The lowest BCUT2D eigenvalue weighted by Crippen LogP contribution is -2.43. The van der Waals surface area contributed by atoms with E-state index in [0.29, 0.717) is 6.10 Å². The zero-order valence-corrected chi connectivity index (χ0v) is 18.6. The lowest BCUT2D eigenvalue weighted by atomic mass is 9.72. The Morgan fingerprint density at radius 2 is 1.57 bits per heavy atom. The van der Waals surface area contributed by atoms with Crippen LogP contribution in [0.1, 0.15) is 110 Å². The fourth-order valence-corrected chi connectivity index (χ4v) is 5.02. The molecule has 3 nitrogen and oxygen atoms in total. The normalized spacial score (nSPS) is 22.0. The van der Waals surface area contributed by atoms with E-state index in [-0.39, 0.29) is 5.60 Å². The van der Waals surface area contributed by atoms with Crippen LogP contribution in [-0.4, -0.2) is 31.5 Å². The fraction of sp³-hybridized carbons (Fsp3) is 0.920. The van der Waals surface area contributed by atoms with Crippen LogP contribution in [0.25, 0.3) is 0 Å². The number of epoxide rings is 1. The Kier molecular flexibility index (Phi) is 12.2. The second-order valence-corrected chi connectivity index (χ2v) is 9.03. The molecule has 1 heterocycles. The van der Waals surface area contributed by atoms with Gasteiger partial charge in [0, 0.05) is 0 Å². The van der Waals surface area contributed by atoms with Gasteiger partial charge in [0.2, 0.25) is 0 Å². The summed E-state index contributed by atoms with van der Waals surface area (Å²) in [5, 5.41) is 0. The molecule has 28 heavy (non-hydrogen) atoms. The van der Waals surface area contributed by atoms with E-state index in [1.54, 1.807) is 6.26 Å². The Morgan fingerprint density at radius 3 is 2.18 bits per heavy atom. The predicted molar refractivity (Wildman–Crippen MR) is 118 cm³/mol. The van der Waals surface area contributed by atoms with E-state index in [4.69, 9.17) is 14.2 Å². The molecule has 1 saturated heterocycles. The van der Waals surface area contributed by atoms with Gasteiger partial charge in [-0.2, -0.15) is 0 Å². The molecule has 2 fully saturated rings. The Balaban J connectivity index is 1.65. The average molecular weight is 395 g/mol. The van der Waals surface area contributed by atoms with Crippen molar-refractivity contribution in [3.8, 4) is 0 Å². The highest BCUT2D eigenvalue weighted by atomic mass is 16.6. The highest BCUT2D eigenvalue weighted by molar-refractivity contribution is 4.91. The van der Waals surface area contributed by atoms with E-state index in [2.05, 4.69) is 13.5 Å². The maximum Gasteiger partial charge on any atom is 0.104 e. The quantitative estimate of drug-likeness (QED) is 0.140. The van der Waals surface area contributed by atoms with Gasteiger partial charge in [-0.05, 0) is 38.0 Å². The first kappa shape index (κ1) is 23.7. The molecule has 0 bridgehead atoms. The number of hydrogen-bond acceptors (Lipinski definition) is 3. The molecule has 3 heteroatoms. The van der Waals surface area contributed by atoms with Gasteiger partial charge >= 0.3 is 0 Å². The molecular formula is C25H46O3. The van der Waals surface area contributed by atoms with Gasteiger partial charge in [0.05, 0.1) is 31.7 Å². The van der Waals surface area contributed by atoms with Gasteiger partial charge in [0.15, 0.2) is 0 Å². The van der Waals surface area contributed by atoms with E-state index in [0.717, 1.165) is 32.2 Å². The van der Waals surface area contributed by atoms with E-state index in [9.17, 15) is 0 Å². The van der Waals surface area contributed by atoms with Gasteiger partial charge in [0.25, 0.3) is 0 Å². The smallest absolute Gasteiger partial charge is 0.104 e. The van der Waals surface area contributed by atoms with Gasteiger partial charge in [-0.25, -0.2) is 0 Å². The molecule has 2 atom stereocenters. The van der Waals surface area contributed by atoms with Crippen LogP contribution in [-0.2, 0) is 14.2 Å². The molecule has 1 aliphatic carbocycles. The van der Waals surface area contributed by atoms with Crippen LogP contribution in [0.15, 0.2) is 12.8 Å². The molecule has 0 N–H and O–H groups in total. The van der Waals surface area contributed by atoms with Crippen molar-refractivity contribution in [2.24, 2.45) is 5.92 Å². The van der Waals surface area contributed by atoms with Crippen LogP contribution in [0.5, 0.6) is 0 Å². The lowest BCUT2D eigenvalue weighted by Gasteiger charge is -2.43. The van der Waals surface area contributed by atoms with E-state index >= 15 is 0 Å². The van der Waals surface area contributed by atoms with Gasteiger partial charge in [-0.1, -0.05) is 84.1 Å². The molecule has 0 spiro atoms. The Hall–Kier alpha value is -0.540. The molecule has 2 rings (SSSR count). The third-order valence-corrected chi connectivity index (χ3v) is 6.71. The first-order valence-electron chi connectivity index (χ1n) is 12.3. The summed E-state index contributed by atoms with van der Waals surface area (Å²) in [7, 11) is 0. The van der Waals surface area contributed by atoms with E-state index in [1.165, 1.54) is 96.3 Å². The van der Waals surface area contributed by atoms with Crippen LogP contribution in [0.2, 0.25) is 0 Å². The summed E-state index contributed by atoms with van der Waals surface area (Å²) in [6.45, 7) is 8.47. The van der Waals surface area contributed by atoms with Crippen molar-refractivity contribution in [3.05, 3.63) is 12.8 Å². The highest BCUT2D eigenvalue weighted by Crippen LogP contribution is 2.42. The molecule has 0 aromatic rings. The number of ether oxygens (including phenoxy) is 3. The summed E-state index contributed by atoms with van der Waals surface area (Å²) in [6, 6.07) is 0. The molecule has 0 aromatic carbocycles. The van der Waals surface area contributed by atoms with Crippen molar-refractivity contribution >= 4 is 0 Å². The zero-order valence-electron chi connectivity index (χ0n) is 18.6. The van der Waals surface area contributed by atoms with Crippen LogP contribution < -0.4 is 0 Å². The van der Waals surface area contributed by atoms with Gasteiger partial charge in [-0.3, -0.25) is 0 Å². The lowest BCUT2D eigenvalue weighted by molar-refractivity contribution is -0.113. The van der Waals surface area contributed by atoms with Crippen molar-refractivity contribution in [1.82, 2.24) is 0 Å². The minimum Gasteiger partial charge on any atom is -0.502 e. The number of rotatable bonds is 18. The summed E-state index contributed by atoms with van der Waals surface area (Å²) in [5.74, 6) is 0.776. The van der Waals surface area contributed by atoms with Crippen LogP contribution >= 0.6 is 0 Å². The average Bonchev–Trinajstić information content (AvgIpc) is 3.55. The van der Waals surface area contributed by atoms with Crippen molar-refractivity contribution in [3.63, 3.8) is 0 Å². The van der Waals surface area contributed by atoms with Gasteiger partial charge in [0.1, 0.15) is 6.10 Å². The maximum atomic E-state index is 6.68. The first-order valence-corrected chi connectivity index (χ1v) is 12.3. The molecule has 2 unspecified atom stereocenters. The van der Waals surface area contributed by atoms with Crippen molar-refractivity contribution < 1.29 is 14.2 Å². The summed E-state index contributed by atoms with van der Waals surface area (Å²) < 4.78 is 17.3. The molecule has 0 radical (unpaired) electrons. The highest BCUT2D eigenvalue weighted by Gasteiger charge is 2.40. The minimum absolute atomic E-state index is 0.131. The molecule has 1 saturated carbocycles. The topological polar surface area (TPSA) is 31.0 Å². The van der Waals surface area contributed by atoms with Gasteiger partial charge < -0.3 is 14.2 Å². The fourth-order valence-electron chi connectivity index (χ4n) is 5.02. The van der Waals surface area contributed by atoms with E-state index < -0.39 is 0 Å². The molecular weight excluding hydrogens is 348 g/mol. The van der Waals surface area contributed by atoms with Crippen molar-refractivity contribution in [2.75, 3.05) is 19.8 Å². The van der Waals surface area contributed by atoms with Crippen molar-refractivity contribution in [1.29, 1.82) is 0 Å². The summed E-state index contributed by atoms with van der Waals surface area (Å²) in [4.78, 5) is 0. The monoisotopic (exact) mass is 394 g/mol. The molecule has 0 aromatic heterocycles. The molecule has 0 amide bonds. The Bertz CT molecular complexity index is 387. The number of unbranched alkanes of at least 4 members (excludes halogenated alkanes) is 7. The minimum atomic E-state index is 0.131. The summed E-state index contributed by atoms with van der Waals surface area (Å²) in [6.07, 6.45) is 23.2. The third-order valence-electron chi connectivity index (χ3n) is 6.71. The second-order valence-electron chi connectivity index (χ2n) is 9.03. The molecule has 2 aliphatic rings. The van der Waals surface area contributed by atoms with E-state index in [1.807, 2.05) is 0 Å². The van der Waals surface area contributed by atoms with Crippen LogP contribution in [0, 0.1) is 5.92 Å². The SMILES string of the molecule is C=COCCCCCCCCCCC(CCC)(OCC1CO1)C1CCCCC1. The maximum absolute atomic E-state index is 6.68. The summed E-state index contributed by atoms with van der Waals surface area (Å²) in [5.41, 5.74) is 0.131. The van der Waals surface area contributed by atoms with Crippen molar-refractivity contribution in [2.45, 2.75) is 121 Å². The van der Waals surface area contributed by atoms with Gasteiger partial charge in [-0.15, -0.1) is 0 Å². The Labute approximate surface area is 174 Å². The first-order chi connectivity index (χ1) is 13.8. The third kappa shape index (κ3) is 9.31. The summed E-state index contributed by atoms with van der Waals surface area (Å²) >= 11 is 0. The largest absolute Gasteiger partial charge is 0.502 e. The predicted octanol–water partition coefficient (Wildman–Crippen LogP) is 7.19. The standard InChI is InChI=1S/C25H46O3/c1-3-18-25(28-22-24-21-27-24,23-16-12-11-13-17-23)19-14-9-7-5-6-8-10-15-20-26-4-2/h4,23-24H,2-3,5-22H2,1H3. The zero-order chi connectivity index (χ0) is 19.9. The molecule has 1 aliphatic heterocycles. The van der Waals surface area contributed by atoms with Crippen LogP contribution in [0.3, 0.4) is 0 Å². The van der Waals surface area contributed by atoms with Crippen LogP contribution in [0.4, 0.5) is 0 Å². The number of hydrogen-bond donors (Lipinski definition) is 0. The second kappa shape index (κ2) is 14.4. The Morgan fingerprint density at radius 1 is 0.929 bits per heavy atom.